The van der Waals surface area contributed by atoms with E-state index in [9.17, 15) is 18.7 Å². The zero-order valence-corrected chi connectivity index (χ0v) is 12.5. The molecule has 0 spiro atoms. The molecule has 0 amide bonds. The van der Waals surface area contributed by atoms with Gasteiger partial charge < -0.3 is 5.11 Å². The molecule has 1 fully saturated rings. The smallest absolute Gasteiger partial charge is 0.320 e. The van der Waals surface area contributed by atoms with Gasteiger partial charge in [-0.1, -0.05) is 30.3 Å². The standard InChI is InChI=1S/C18H17F2NO2/c19-13-9-7-12(8-10-13)17(14-4-1-2-5-15(14)20)21-11-3-6-16(21)18(22)23/h1-2,4-5,7-10,16-17H,3,6,11H2,(H,22,23). The molecule has 0 aliphatic carbocycles. The molecule has 2 atom stereocenters. The van der Waals surface area contributed by atoms with Crippen LogP contribution < -0.4 is 0 Å². The molecule has 0 bridgehead atoms. The molecular weight excluding hydrogens is 300 g/mol. The van der Waals surface area contributed by atoms with Gasteiger partial charge in [-0.3, -0.25) is 9.69 Å². The van der Waals surface area contributed by atoms with E-state index in [4.69, 9.17) is 0 Å². The molecule has 0 radical (unpaired) electrons. The fraction of sp³-hybridized carbons (Fsp3) is 0.278. The van der Waals surface area contributed by atoms with Crippen LogP contribution in [0.15, 0.2) is 48.5 Å². The molecule has 1 N–H and O–H groups in total. The number of aliphatic carboxylic acids is 1. The van der Waals surface area contributed by atoms with Gasteiger partial charge in [-0.2, -0.15) is 0 Å². The molecule has 1 heterocycles. The van der Waals surface area contributed by atoms with Gasteiger partial charge >= 0.3 is 5.97 Å². The van der Waals surface area contributed by atoms with E-state index in [0.717, 1.165) is 6.42 Å². The number of likely N-dealkylation sites (tertiary alicyclic amines) is 1. The quantitative estimate of drug-likeness (QED) is 0.936. The second-order valence-electron chi connectivity index (χ2n) is 5.71. The highest BCUT2D eigenvalue weighted by Gasteiger charge is 2.37. The van der Waals surface area contributed by atoms with Crippen molar-refractivity contribution in [1.82, 2.24) is 4.90 Å². The van der Waals surface area contributed by atoms with E-state index in [-0.39, 0.29) is 5.82 Å². The molecule has 1 aliphatic rings. The van der Waals surface area contributed by atoms with E-state index in [2.05, 4.69) is 0 Å². The normalized spacial score (nSPS) is 19.7. The maximum Gasteiger partial charge on any atom is 0.320 e. The third-order valence-electron chi connectivity index (χ3n) is 4.30. The fourth-order valence-corrected chi connectivity index (χ4v) is 3.25. The summed E-state index contributed by atoms with van der Waals surface area (Å²) in [4.78, 5) is 13.3. The molecule has 3 rings (SSSR count). The van der Waals surface area contributed by atoms with Crippen molar-refractivity contribution in [2.75, 3.05) is 6.54 Å². The Morgan fingerprint density at radius 3 is 2.48 bits per heavy atom. The van der Waals surface area contributed by atoms with Crippen LogP contribution in [0.1, 0.15) is 30.0 Å². The Kier molecular flexibility index (Phi) is 4.39. The molecule has 2 aromatic rings. The summed E-state index contributed by atoms with van der Waals surface area (Å²) in [5.74, 6) is -1.68. The Morgan fingerprint density at radius 2 is 1.83 bits per heavy atom. The molecule has 3 nitrogen and oxygen atoms in total. The van der Waals surface area contributed by atoms with Gasteiger partial charge in [-0.15, -0.1) is 0 Å². The minimum absolute atomic E-state index is 0.378. The minimum Gasteiger partial charge on any atom is -0.480 e. The van der Waals surface area contributed by atoms with Crippen molar-refractivity contribution in [1.29, 1.82) is 0 Å². The van der Waals surface area contributed by atoms with Crippen molar-refractivity contribution in [3.63, 3.8) is 0 Å². The molecule has 1 saturated heterocycles. The largest absolute Gasteiger partial charge is 0.480 e. The van der Waals surface area contributed by atoms with Gasteiger partial charge in [0.25, 0.3) is 0 Å². The Bertz CT molecular complexity index is 702. The van der Waals surface area contributed by atoms with Crippen molar-refractivity contribution >= 4 is 5.97 Å². The first-order chi connectivity index (χ1) is 11.1. The van der Waals surface area contributed by atoms with E-state index in [0.29, 0.717) is 24.1 Å². The number of nitrogens with zero attached hydrogens (tertiary/aromatic N) is 1. The molecule has 2 unspecified atom stereocenters. The fourth-order valence-electron chi connectivity index (χ4n) is 3.25. The lowest BCUT2D eigenvalue weighted by Crippen LogP contribution is -2.39. The topological polar surface area (TPSA) is 40.5 Å². The SMILES string of the molecule is O=C(O)C1CCCN1C(c1ccc(F)cc1)c1ccccc1F. The third kappa shape index (κ3) is 3.10. The molecule has 23 heavy (non-hydrogen) atoms. The zero-order chi connectivity index (χ0) is 16.4. The van der Waals surface area contributed by atoms with Crippen molar-refractivity contribution < 1.29 is 18.7 Å². The number of hydrogen-bond acceptors (Lipinski definition) is 2. The van der Waals surface area contributed by atoms with Crippen LogP contribution in [-0.2, 0) is 4.79 Å². The monoisotopic (exact) mass is 317 g/mol. The van der Waals surface area contributed by atoms with Gasteiger partial charge in [0.15, 0.2) is 0 Å². The molecular formula is C18H17F2NO2. The molecule has 5 heteroatoms. The van der Waals surface area contributed by atoms with Crippen molar-refractivity contribution in [2.24, 2.45) is 0 Å². The molecule has 0 aromatic heterocycles. The van der Waals surface area contributed by atoms with Crippen LogP contribution in [0.2, 0.25) is 0 Å². The number of carbonyl (C=O) groups is 1. The highest BCUT2D eigenvalue weighted by atomic mass is 19.1. The second-order valence-corrected chi connectivity index (χ2v) is 5.71. The zero-order valence-electron chi connectivity index (χ0n) is 12.5. The summed E-state index contributed by atoms with van der Waals surface area (Å²) in [6.45, 7) is 0.563. The van der Waals surface area contributed by atoms with Gasteiger partial charge in [0.05, 0.1) is 6.04 Å². The van der Waals surface area contributed by atoms with Gasteiger partial charge in [0.2, 0.25) is 0 Å². The third-order valence-corrected chi connectivity index (χ3v) is 4.30. The van der Waals surface area contributed by atoms with E-state index >= 15 is 0 Å². The van der Waals surface area contributed by atoms with Crippen LogP contribution in [0.5, 0.6) is 0 Å². The molecule has 0 saturated carbocycles. The second kappa shape index (κ2) is 6.46. The van der Waals surface area contributed by atoms with Gasteiger partial charge in [0, 0.05) is 12.1 Å². The number of rotatable bonds is 4. The predicted molar refractivity (Wildman–Crippen MR) is 82.0 cm³/mol. The average Bonchev–Trinajstić information content (AvgIpc) is 3.01. The van der Waals surface area contributed by atoms with Crippen LogP contribution in [0.3, 0.4) is 0 Å². The van der Waals surface area contributed by atoms with Gasteiger partial charge in [-0.05, 0) is 36.6 Å². The van der Waals surface area contributed by atoms with Crippen LogP contribution in [0.25, 0.3) is 0 Å². The lowest BCUT2D eigenvalue weighted by molar-refractivity contribution is -0.142. The van der Waals surface area contributed by atoms with E-state index in [1.54, 1.807) is 35.2 Å². The average molecular weight is 317 g/mol. The Hall–Kier alpha value is -2.27. The van der Waals surface area contributed by atoms with Crippen LogP contribution in [0.4, 0.5) is 8.78 Å². The van der Waals surface area contributed by atoms with Gasteiger partial charge in [0.1, 0.15) is 17.7 Å². The number of carboxylic acids is 1. The maximum atomic E-state index is 14.3. The molecule has 1 aliphatic heterocycles. The first kappa shape index (κ1) is 15.6. The summed E-state index contributed by atoms with van der Waals surface area (Å²) < 4.78 is 27.6. The summed E-state index contributed by atoms with van der Waals surface area (Å²) in [6.07, 6.45) is 1.27. The minimum atomic E-state index is -0.911. The summed E-state index contributed by atoms with van der Waals surface area (Å²) >= 11 is 0. The van der Waals surface area contributed by atoms with E-state index < -0.39 is 23.9 Å². The predicted octanol–water partition coefficient (Wildman–Crippen LogP) is 3.60. The Balaban J connectivity index is 2.08. The van der Waals surface area contributed by atoms with Crippen molar-refractivity contribution in [3.8, 4) is 0 Å². The van der Waals surface area contributed by atoms with Gasteiger partial charge in [-0.25, -0.2) is 8.78 Å². The summed E-state index contributed by atoms with van der Waals surface area (Å²) in [7, 11) is 0. The van der Waals surface area contributed by atoms with E-state index in [1.165, 1.54) is 18.2 Å². The number of carboxylic acid groups (broad SMARTS) is 1. The maximum absolute atomic E-state index is 14.3. The molecule has 2 aromatic carbocycles. The van der Waals surface area contributed by atoms with Crippen molar-refractivity contribution in [3.05, 3.63) is 71.3 Å². The lowest BCUT2D eigenvalue weighted by Gasteiger charge is -2.32. The summed E-state index contributed by atoms with van der Waals surface area (Å²) in [6, 6.07) is 10.9. The van der Waals surface area contributed by atoms with E-state index in [1.807, 2.05) is 0 Å². The summed E-state index contributed by atoms with van der Waals surface area (Å²) in [5, 5.41) is 9.44. The highest BCUT2D eigenvalue weighted by molar-refractivity contribution is 5.74. The number of halogens is 2. The summed E-state index contributed by atoms with van der Waals surface area (Å²) in [5.41, 5.74) is 1.09. The van der Waals surface area contributed by atoms with Crippen LogP contribution in [0, 0.1) is 11.6 Å². The first-order valence-corrected chi connectivity index (χ1v) is 7.56. The van der Waals surface area contributed by atoms with Crippen LogP contribution in [-0.4, -0.2) is 28.6 Å². The Labute approximate surface area is 133 Å². The lowest BCUT2D eigenvalue weighted by atomic mass is 9.95. The van der Waals surface area contributed by atoms with Crippen LogP contribution >= 0.6 is 0 Å². The first-order valence-electron chi connectivity index (χ1n) is 7.56. The molecule has 120 valence electrons. The Morgan fingerprint density at radius 1 is 1.13 bits per heavy atom. The number of benzene rings is 2. The van der Waals surface area contributed by atoms with Crippen molar-refractivity contribution in [2.45, 2.75) is 24.9 Å². The highest BCUT2D eigenvalue weighted by Crippen LogP contribution is 2.36. The number of hydrogen-bond donors (Lipinski definition) is 1.